The number of aliphatic hydroxyl groups excluding tert-OH is 1. The number of carbonyl (C=O) groups is 1. The van der Waals surface area contributed by atoms with Crippen LogP contribution in [-0.4, -0.2) is 67.5 Å². The fourth-order valence-electron chi connectivity index (χ4n) is 4.07. The second-order valence-electron chi connectivity index (χ2n) is 9.97. The highest BCUT2D eigenvalue weighted by Crippen LogP contribution is 2.34. The lowest BCUT2D eigenvalue weighted by Crippen LogP contribution is -2.50. The van der Waals surface area contributed by atoms with Gasteiger partial charge in [-0.05, 0) is 43.2 Å². The average Bonchev–Trinajstić information content (AvgIpc) is 2.85. The fraction of sp³-hybridized carbons (Fsp3) is 0.464. The molecule has 37 heavy (non-hydrogen) atoms. The van der Waals surface area contributed by atoms with Gasteiger partial charge in [0.1, 0.15) is 22.6 Å². The molecular formula is C28H35FN2O5S. The Bertz CT molecular complexity index is 1280. The molecular weight excluding hydrogens is 495 g/mol. The van der Waals surface area contributed by atoms with E-state index in [4.69, 9.17) is 4.74 Å². The molecule has 200 valence electrons. The summed E-state index contributed by atoms with van der Waals surface area (Å²) in [5.74, 6) is 5.22. The van der Waals surface area contributed by atoms with E-state index in [-0.39, 0.29) is 41.8 Å². The van der Waals surface area contributed by atoms with E-state index >= 15 is 0 Å². The van der Waals surface area contributed by atoms with Crippen molar-refractivity contribution in [3.63, 3.8) is 0 Å². The van der Waals surface area contributed by atoms with E-state index in [0.717, 1.165) is 0 Å². The minimum Gasteiger partial charge on any atom is -0.487 e. The summed E-state index contributed by atoms with van der Waals surface area (Å²) < 4.78 is 49.0. The molecule has 1 amide bonds. The number of fused-ring (bicyclic) bond motifs is 1. The highest BCUT2D eigenvalue weighted by molar-refractivity contribution is 7.89. The van der Waals surface area contributed by atoms with Gasteiger partial charge in [-0.3, -0.25) is 4.79 Å². The van der Waals surface area contributed by atoms with Gasteiger partial charge >= 0.3 is 0 Å². The lowest BCUT2D eigenvalue weighted by molar-refractivity contribution is 0.0560. The average molecular weight is 531 g/mol. The standard InChI is InChI=1S/C28H35FN2O5S/c1-19(2)9-8-10-22-13-14-27-25(15-22)36-26(20(3)16-31(21(4)18-32)37(27,34)35)17-30(5)28(33)23-11-6-7-12-24(23)29/h6-7,11-15,19-21,26,32H,9,16-18H2,1-5H3/t20-,21+,26+/m0/s1. The number of halogens is 1. The van der Waals surface area contributed by atoms with E-state index in [0.29, 0.717) is 17.9 Å². The molecule has 2 aromatic rings. The van der Waals surface area contributed by atoms with Gasteiger partial charge in [-0.15, -0.1) is 0 Å². The van der Waals surface area contributed by atoms with Gasteiger partial charge in [0.25, 0.3) is 5.91 Å². The molecule has 0 unspecified atom stereocenters. The number of carbonyl (C=O) groups excluding carboxylic acids is 1. The first-order valence-corrected chi connectivity index (χ1v) is 13.8. The Balaban J connectivity index is 2.01. The number of aliphatic hydroxyl groups is 1. The molecule has 0 spiro atoms. The minimum absolute atomic E-state index is 0.0257. The Morgan fingerprint density at radius 1 is 1.24 bits per heavy atom. The summed E-state index contributed by atoms with van der Waals surface area (Å²) in [5, 5.41) is 9.79. The van der Waals surface area contributed by atoms with Crippen LogP contribution in [0.15, 0.2) is 47.4 Å². The zero-order valence-electron chi connectivity index (χ0n) is 21.9. The first-order valence-electron chi connectivity index (χ1n) is 12.4. The van der Waals surface area contributed by atoms with Crippen molar-refractivity contribution in [2.75, 3.05) is 26.7 Å². The van der Waals surface area contributed by atoms with Crippen molar-refractivity contribution in [2.45, 2.75) is 51.2 Å². The lowest BCUT2D eigenvalue weighted by Gasteiger charge is -2.37. The van der Waals surface area contributed by atoms with Crippen molar-refractivity contribution < 1.29 is 27.4 Å². The quantitative estimate of drug-likeness (QED) is 0.575. The smallest absolute Gasteiger partial charge is 0.256 e. The van der Waals surface area contributed by atoms with Gasteiger partial charge in [0.05, 0.1) is 18.7 Å². The molecule has 0 saturated heterocycles. The van der Waals surface area contributed by atoms with Crippen molar-refractivity contribution >= 4 is 15.9 Å². The van der Waals surface area contributed by atoms with Gasteiger partial charge in [0.15, 0.2) is 0 Å². The summed E-state index contributed by atoms with van der Waals surface area (Å²) in [6, 6.07) is 9.82. The van der Waals surface area contributed by atoms with E-state index in [1.54, 1.807) is 32.2 Å². The monoisotopic (exact) mass is 530 g/mol. The van der Waals surface area contributed by atoms with Crippen LogP contribution in [0.25, 0.3) is 0 Å². The maximum atomic E-state index is 14.2. The van der Waals surface area contributed by atoms with Crippen molar-refractivity contribution in [1.82, 2.24) is 9.21 Å². The Labute approximate surface area is 219 Å². The van der Waals surface area contributed by atoms with Gasteiger partial charge in [-0.2, -0.15) is 4.31 Å². The van der Waals surface area contributed by atoms with Gasteiger partial charge in [-0.1, -0.05) is 44.7 Å². The molecule has 0 saturated carbocycles. The molecule has 0 bridgehead atoms. The molecule has 1 aliphatic rings. The zero-order valence-corrected chi connectivity index (χ0v) is 22.8. The summed E-state index contributed by atoms with van der Waals surface area (Å²) >= 11 is 0. The minimum atomic E-state index is -3.98. The summed E-state index contributed by atoms with van der Waals surface area (Å²) in [4.78, 5) is 14.3. The van der Waals surface area contributed by atoms with Crippen LogP contribution in [-0.2, 0) is 10.0 Å². The number of hydrogen-bond acceptors (Lipinski definition) is 5. The topological polar surface area (TPSA) is 87.2 Å². The third-order valence-electron chi connectivity index (χ3n) is 6.31. The molecule has 7 nitrogen and oxygen atoms in total. The van der Waals surface area contributed by atoms with Crippen LogP contribution in [0, 0.1) is 29.5 Å². The number of amides is 1. The number of likely N-dealkylation sites (N-methyl/N-ethyl adjacent to an activating group) is 1. The van der Waals surface area contributed by atoms with Crippen LogP contribution in [0.5, 0.6) is 5.75 Å². The first-order chi connectivity index (χ1) is 17.4. The maximum Gasteiger partial charge on any atom is 0.256 e. The predicted molar refractivity (Wildman–Crippen MR) is 140 cm³/mol. The number of ether oxygens (including phenoxy) is 1. The summed E-state index contributed by atoms with van der Waals surface area (Å²) in [5.41, 5.74) is 0.559. The Hall–Kier alpha value is -2.93. The van der Waals surface area contributed by atoms with E-state index in [9.17, 15) is 22.7 Å². The van der Waals surface area contributed by atoms with Crippen LogP contribution < -0.4 is 4.74 Å². The second kappa shape index (κ2) is 12.1. The van der Waals surface area contributed by atoms with Gasteiger partial charge in [0, 0.05) is 37.5 Å². The van der Waals surface area contributed by atoms with E-state index < -0.39 is 33.9 Å². The molecule has 1 N–H and O–H groups in total. The first kappa shape index (κ1) is 28.6. The SMILES string of the molecule is CC(C)CC#Cc1ccc2c(c1)O[C@H](CN(C)C(=O)c1ccccc1F)[C@@H](C)CN([C@H](C)CO)S2(=O)=O. The molecule has 0 fully saturated rings. The predicted octanol–water partition coefficient (Wildman–Crippen LogP) is 3.76. The highest BCUT2D eigenvalue weighted by Gasteiger charge is 2.38. The van der Waals surface area contributed by atoms with E-state index in [1.807, 2.05) is 6.92 Å². The lowest BCUT2D eigenvalue weighted by atomic mass is 10.0. The van der Waals surface area contributed by atoms with E-state index in [1.165, 1.54) is 33.5 Å². The van der Waals surface area contributed by atoms with Gasteiger partial charge < -0.3 is 14.7 Å². The molecule has 3 atom stereocenters. The molecule has 1 heterocycles. The van der Waals surface area contributed by atoms with Crippen LogP contribution in [0.1, 0.15) is 50.0 Å². The maximum absolute atomic E-state index is 14.2. The second-order valence-corrected chi connectivity index (χ2v) is 11.8. The highest BCUT2D eigenvalue weighted by atomic mass is 32.2. The largest absolute Gasteiger partial charge is 0.487 e. The number of benzene rings is 2. The van der Waals surface area contributed by atoms with Crippen molar-refractivity contribution in [2.24, 2.45) is 11.8 Å². The fourth-order valence-corrected chi connectivity index (χ4v) is 5.90. The van der Waals surface area contributed by atoms with Crippen LogP contribution in [0.2, 0.25) is 0 Å². The van der Waals surface area contributed by atoms with E-state index in [2.05, 4.69) is 25.7 Å². The summed E-state index contributed by atoms with van der Waals surface area (Å²) in [6.45, 7) is 7.41. The number of nitrogens with zero attached hydrogens (tertiary/aromatic N) is 2. The molecule has 2 aromatic carbocycles. The van der Waals surface area contributed by atoms with Gasteiger partial charge in [-0.25, -0.2) is 12.8 Å². The van der Waals surface area contributed by atoms with Crippen LogP contribution in [0.4, 0.5) is 4.39 Å². The van der Waals surface area contributed by atoms with Gasteiger partial charge in [0.2, 0.25) is 10.0 Å². The molecule has 0 aliphatic carbocycles. The molecule has 0 aromatic heterocycles. The van der Waals surface area contributed by atoms with Crippen molar-refractivity contribution in [3.05, 3.63) is 59.4 Å². The summed E-state index contributed by atoms with van der Waals surface area (Å²) in [7, 11) is -2.43. The van der Waals surface area contributed by atoms with Crippen LogP contribution >= 0.6 is 0 Å². The zero-order chi connectivity index (χ0) is 27.3. The Kier molecular flexibility index (Phi) is 9.35. The number of rotatable bonds is 6. The van der Waals surface area contributed by atoms with Crippen molar-refractivity contribution in [1.29, 1.82) is 0 Å². The Morgan fingerprint density at radius 3 is 2.59 bits per heavy atom. The molecule has 9 heteroatoms. The van der Waals surface area contributed by atoms with Crippen LogP contribution in [0.3, 0.4) is 0 Å². The molecule has 1 aliphatic heterocycles. The number of sulfonamides is 1. The number of hydrogen-bond donors (Lipinski definition) is 1. The molecule has 0 radical (unpaired) electrons. The molecule has 3 rings (SSSR count). The normalized spacial score (nSPS) is 20.0. The Morgan fingerprint density at radius 2 is 1.95 bits per heavy atom. The third-order valence-corrected chi connectivity index (χ3v) is 8.33. The third kappa shape index (κ3) is 6.69. The van der Waals surface area contributed by atoms with Crippen molar-refractivity contribution in [3.8, 4) is 17.6 Å². The summed E-state index contributed by atoms with van der Waals surface area (Å²) in [6.07, 6.45) is 0.0860.